The standard InChI is InChI=1S/C18H24O4/c1-11(2)15(21)22-18-7-14-5-16(9-18,12(3)19)8-17(6-14,10-18)13(4)20/h14H,1,5-10H2,2-4H3. The van der Waals surface area contributed by atoms with Crippen LogP contribution in [0.3, 0.4) is 0 Å². The molecule has 4 aliphatic carbocycles. The van der Waals surface area contributed by atoms with Crippen LogP contribution in [-0.2, 0) is 19.1 Å². The van der Waals surface area contributed by atoms with E-state index < -0.39 is 22.4 Å². The topological polar surface area (TPSA) is 60.4 Å². The van der Waals surface area contributed by atoms with E-state index in [-0.39, 0.29) is 11.6 Å². The molecule has 0 spiro atoms. The third kappa shape index (κ3) is 2.07. The van der Waals surface area contributed by atoms with Gasteiger partial charge in [-0.2, -0.15) is 0 Å². The molecule has 4 rings (SSSR count). The molecule has 2 atom stereocenters. The maximum Gasteiger partial charge on any atom is 0.333 e. The van der Waals surface area contributed by atoms with Crippen molar-refractivity contribution < 1.29 is 19.1 Å². The number of hydrogen-bond donors (Lipinski definition) is 0. The summed E-state index contributed by atoms with van der Waals surface area (Å²) in [6.07, 6.45) is 4.22. The number of Topliss-reactive ketones (excluding diaryl/α,β-unsaturated/α-hetero) is 2. The third-order valence-corrected chi connectivity index (χ3v) is 6.17. The van der Waals surface area contributed by atoms with Gasteiger partial charge in [-0.3, -0.25) is 9.59 Å². The van der Waals surface area contributed by atoms with E-state index in [1.54, 1.807) is 20.8 Å². The molecule has 4 aliphatic rings. The zero-order chi connectivity index (χ0) is 16.3. The summed E-state index contributed by atoms with van der Waals surface area (Å²) >= 11 is 0. The Morgan fingerprint density at radius 3 is 1.82 bits per heavy atom. The minimum atomic E-state index is -0.660. The molecule has 0 radical (unpaired) electrons. The van der Waals surface area contributed by atoms with E-state index in [1.165, 1.54) is 0 Å². The first-order valence-corrected chi connectivity index (χ1v) is 8.03. The van der Waals surface area contributed by atoms with Crippen molar-refractivity contribution >= 4 is 17.5 Å². The molecular weight excluding hydrogens is 280 g/mol. The van der Waals surface area contributed by atoms with Crippen molar-refractivity contribution in [3.63, 3.8) is 0 Å². The molecule has 4 saturated carbocycles. The number of ketones is 2. The van der Waals surface area contributed by atoms with Gasteiger partial charge in [-0.15, -0.1) is 0 Å². The van der Waals surface area contributed by atoms with Crippen LogP contribution in [0.4, 0.5) is 0 Å². The summed E-state index contributed by atoms with van der Waals surface area (Å²) < 4.78 is 5.82. The first kappa shape index (κ1) is 15.4. The van der Waals surface area contributed by atoms with Gasteiger partial charge in [0, 0.05) is 16.4 Å². The second-order valence-electron chi connectivity index (χ2n) is 8.03. The maximum absolute atomic E-state index is 12.4. The van der Waals surface area contributed by atoms with Crippen molar-refractivity contribution in [1.29, 1.82) is 0 Å². The lowest BCUT2D eigenvalue weighted by Crippen LogP contribution is -2.64. The van der Waals surface area contributed by atoms with Gasteiger partial charge >= 0.3 is 5.97 Å². The minimum Gasteiger partial charge on any atom is -0.456 e. The van der Waals surface area contributed by atoms with Gasteiger partial charge in [0.15, 0.2) is 0 Å². The van der Waals surface area contributed by atoms with Crippen molar-refractivity contribution in [2.75, 3.05) is 0 Å². The number of carbonyl (C=O) groups is 3. The first-order chi connectivity index (χ1) is 10.1. The van der Waals surface area contributed by atoms with Gasteiger partial charge in [0.1, 0.15) is 17.2 Å². The first-order valence-electron chi connectivity index (χ1n) is 8.03. The summed E-state index contributed by atoms with van der Waals surface area (Å²) in [6.45, 7) is 8.52. The molecule has 4 bridgehead atoms. The van der Waals surface area contributed by atoms with E-state index in [0.717, 1.165) is 19.3 Å². The zero-order valence-electron chi connectivity index (χ0n) is 13.7. The van der Waals surface area contributed by atoms with Crippen LogP contribution < -0.4 is 0 Å². The van der Waals surface area contributed by atoms with Crippen LogP contribution in [0.25, 0.3) is 0 Å². The molecule has 0 heterocycles. The van der Waals surface area contributed by atoms with E-state index >= 15 is 0 Å². The Labute approximate surface area is 131 Å². The average Bonchev–Trinajstić information content (AvgIpc) is 2.35. The molecule has 4 heteroatoms. The third-order valence-electron chi connectivity index (χ3n) is 6.17. The number of carbonyl (C=O) groups excluding carboxylic acids is 3. The Morgan fingerprint density at radius 1 is 0.909 bits per heavy atom. The fraction of sp³-hybridized carbons (Fsp3) is 0.722. The van der Waals surface area contributed by atoms with E-state index in [1.807, 2.05) is 0 Å². The van der Waals surface area contributed by atoms with Gasteiger partial charge in [0.25, 0.3) is 0 Å². The molecule has 0 saturated heterocycles. The molecule has 0 amide bonds. The van der Waals surface area contributed by atoms with E-state index in [9.17, 15) is 14.4 Å². The summed E-state index contributed by atoms with van der Waals surface area (Å²) in [4.78, 5) is 36.8. The summed E-state index contributed by atoms with van der Waals surface area (Å²) in [7, 11) is 0. The van der Waals surface area contributed by atoms with Crippen LogP contribution in [-0.4, -0.2) is 23.1 Å². The lowest BCUT2D eigenvalue weighted by Gasteiger charge is -2.64. The summed E-state index contributed by atoms with van der Waals surface area (Å²) in [5.74, 6) is 0.164. The second kappa shape index (κ2) is 4.53. The highest BCUT2D eigenvalue weighted by Crippen LogP contribution is 2.68. The zero-order valence-corrected chi connectivity index (χ0v) is 13.7. The molecule has 120 valence electrons. The van der Waals surface area contributed by atoms with E-state index in [4.69, 9.17) is 4.74 Å². The Hall–Kier alpha value is -1.45. The highest BCUT2D eigenvalue weighted by molar-refractivity contribution is 5.90. The van der Waals surface area contributed by atoms with E-state index in [2.05, 4.69) is 6.58 Å². The van der Waals surface area contributed by atoms with Gasteiger partial charge in [-0.1, -0.05) is 6.58 Å². The summed E-state index contributed by atoms with van der Waals surface area (Å²) in [5.41, 5.74) is -1.27. The Bertz CT molecular complexity index is 558. The molecule has 2 unspecified atom stereocenters. The predicted octanol–water partition coefficient (Wildman–Crippen LogP) is 2.99. The van der Waals surface area contributed by atoms with Gasteiger partial charge in [-0.05, 0) is 65.2 Å². The quantitative estimate of drug-likeness (QED) is 0.592. The molecule has 0 aromatic heterocycles. The van der Waals surface area contributed by atoms with Gasteiger partial charge < -0.3 is 4.74 Å². The SMILES string of the molecule is C=C(C)C(=O)OC12CC3CC(C(C)=O)(C1)CC(C(C)=O)(C3)C2. The minimum absolute atomic E-state index is 0.137. The second-order valence-corrected chi connectivity index (χ2v) is 8.03. The van der Waals surface area contributed by atoms with Crippen LogP contribution in [0.2, 0.25) is 0 Å². The van der Waals surface area contributed by atoms with Gasteiger partial charge in [0.2, 0.25) is 0 Å². The smallest absolute Gasteiger partial charge is 0.333 e. The molecule has 4 nitrogen and oxygen atoms in total. The molecule has 0 aliphatic heterocycles. The van der Waals surface area contributed by atoms with Crippen LogP contribution in [0.15, 0.2) is 12.2 Å². The number of esters is 1. The van der Waals surface area contributed by atoms with E-state index in [0.29, 0.717) is 30.8 Å². The van der Waals surface area contributed by atoms with Crippen molar-refractivity contribution in [3.8, 4) is 0 Å². The Balaban J connectivity index is 2.02. The average molecular weight is 304 g/mol. The fourth-order valence-corrected chi connectivity index (χ4v) is 5.53. The molecule has 4 fully saturated rings. The summed E-state index contributed by atoms with van der Waals surface area (Å²) in [5, 5.41) is 0. The number of hydrogen-bond acceptors (Lipinski definition) is 4. The largest absolute Gasteiger partial charge is 0.456 e. The highest BCUT2D eigenvalue weighted by atomic mass is 16.6. The highest BCUT2D eigenvalue weighted by Gasteiger charge is 2.67. The molecule has 0 aromatic carbocycles. The van der Waals surface area contributed by atoms with Crippen LogP contribution in [0.1, 0.15) is 59.3 Å². The van der Waals surface area contributed by atoms with Gasteiger partial charge in [0.05, 0.1) is 0 Å². The maximum atomic E-state index is 12.4. The molecule has 0 aromatic rings. The normalized spacial score (nSPS) is 42.0. The lowest BCUT2D eigenvalue weighted by atomic mass is 9.41. The summed E-state index contributed by atoms with van der Waals surface area (Å²) in [6, 6.07) is 0. The monoisotopic (exact) mass is 304 g/mol. The van der Waals surface area contributed by atoms with Crippen LogP contribution in [0.5, 0.6) is 0 Å². The van der Waals surface area contributed by atoms with Crippen molar-refractivity contribution in [2.45, 2.75) is 64.9 Å². The fourth-order valence-electron chi connectivity index (χ4n) is 5.53. The predicted molar refractivity (Wildman–Crippen MR) is 81.1 cm³/mol. The number of rotatable bonds is 4. The van der Waals surface area contributed by atoms with Crippen LogP contribution >= 0.6 is 0 Å². The molecule has 22 heavy (non-hydrogen) atoms. The lowest BCUT2D eigenvalue weighted by molar-refractivity contribution is -0.217. The van der Waals surface area contributed by atoms with Gasteiger partial charge in [-0.25, -0.2) is 4.79 Å². The molecule has 0 N–H and O–H groups in total. The number of ether oxygens (including phenoxy) is 1. The van der Waals surface area contributed by atoms with Crippen molar-refractivity contribution in [3.05, 3.63) is 12.2 Å². The Morgan fingerprint density at radius 2 is 1.41 bits per heavy atom. The van der Waals surface area contributed by atoms with Crippen LogP contribution in [0, 0.1) is 16.7 Å². The molecular formula is C18H24O4. The van der Waals surface area contributed by atoms with Crippen molar-refractivity contribution in [2.24, 2.45) is 16.7 Å². The Kier molecular flexibility index (Phi) is 3.18. The van der Waals surface area contributed by atoms with Crippen molar-refractivity contribution in [1.82, 2.24) is 0 Å².